The number of carbonyl (C=O) groups is 2. The predicted molar refractivity (Wildman–Crippen MR) is 117 cm³/mol. The molecular weight excluding hydrogens is 439 g/mol. The van der Waals surface area contributed by atoms with Gasteiger partial charge in [0.05, 0.1) is 16.6 Å². The maximum Gasteiger partial charge on any atom is 0.311 e. The van der Waals surface area contributed by atoms with Gasteiger partial charge in [0, 0.05) is 29.6 Å². The van der Waals surface area contributed by atoms with Crippen molar-refractivity contribution in [3.05, 3.63) is 76.0 Å². The minimum absolute atomic E-state index is 0.0716. The molecule has 0 aliphatic carbocycles. The van der Waals surface area contributed by atoms with E-state index in [1.54, 1.807) is 11.0 Å². The second-order valence-corrected chi connectivity index (χ2v) is 8.59. The number of halogens is 2. The summed E-state index contributed by atoms with van der Waals surface area (Å²) >= 11 is 7.66. The van der Waals surface area contributed by atoms with Crippen molar-refractivity contribution < 1.29 is 18.7 Å². The summed E-state index contributed by atoms with van der Waals surface area (Å²) in [5, 5.41) is 3.23. The van der Waals surface area contributed by atoms with Crippen LogP contribution in [0.25, 0.3) is 10.6 Å². The van der Waals surface area contributed by atoms with Gasteiger partial charge in [0.2, 0.25) is 0 Å². The molecule has 1 amide bonds. The average molecular weight is 459 g/mol. The number of benzene rings is 2. The molecule has 1 saturated heterocycles. The van der Waals surface area contributed by atoms with E-state index < -0.39 is 5.82 Å². The summed E-state index contributed by atoms with van der Waals surface area (Å²) < 4.78 is 18.6. The summed E-state index contributed by atoms with van der Waals surface area (Å²) in [6.45, 7) is 0.923. The Hall–Kier alpha value is -2.77. The van der Waals surface area contributed by atoms with Gasteiger partial charge in [0.15, 0.2) is 0 Å². The molecule has 0 saturated carbocycles. The zero-order valence-electron chi connectivity index (χ0n) is 16.6. The average Bonchev–Trinajstić information content (AvgIpc) is 3.26. The number of likely N-dealkylation sites (tertiary alicyclic amines) is 1. The smallest absolute Gasteiger partial charge is 0.311 e. The van der Waals surface area contributed by atoms with E-state index in [0.29, 0.717) is 35.7 Å². The molecule has 5 nitrogen and oxygen atoms in total. The fourth-order valence-corrected chi connectivity index (χ4v) is 4.65. The van der Waals surface area contributed by atoms with Gasteiger partial charge in [-0.2, -0.15) is 0 Å². The summed E-state index contributed by atoms with van der Waals surface area (Å²) in [6.07, 6.45) is 1.37. The molecule has 0 spiro atoms. The lowest BCUT2D eigenvalue weighted by atomic mass is 9.97. The predicted octanol–water partition coefficient (Wildman–Crippen LogP) is 5.20. The van der Waals surface area contributed by atoms with Crippen LogP contribution in [0.4, 0.5) is 4.39 Å². The zero-order valence-corrected chi connectivity index (χ0v) is 18.2. The number of carbonyl (C=O) groups excluding carboxylic acids is 2. The van der Waals surface area contributed by atoms with Crippen LogP contribution < -0.4 is 0 Å². The zero-order chi connectivity index (χ0) is 21.8. The highest BCUT2D eigenvalue weighted by Gasteiger charge is 2.30. The number of aromatic nitrogens is 1. The third-order valence-electron chi connectivity index (χ3n) is 5.15. The number of thiazole rings is 1. The van der Waals surface area contributed by atoms with Gasteiger partial charge in [-0.15, -0.1) is 11.3 Å². The van der Waals surface area contributed by atoms with Crippen LogP contribution in [0.15, 0.2) is 53.9 Å². The number of hydrogen-bond acceptors (Lipinski definition) is 5. The summed E-state index contributed by atoms with van der Waals surface area (Å²) in [5.41, 5.74) is 1.90. The second-order valence-electron chi connectivity index (χ2n) is 7.33. The van der Waals surface area contributed by atoms with E-state index in [4.69, 9.17) is 16.3 Å². The normalized spacial score (nSPS) is 16.2. The van der Waals surface area contributed by atoms with Gasteiger partial charge in [-0.1, -0.05) is 29.8 Å². The molecule has 0 radical (unpaired) electrons. The molecule has 1 unspecified atom stereocenters. The molecule has 2 heterocycles. The Morgan fingerprint density at radius 2 is 1.97 bits per heavy atom. The number of rotatable bonds is 5. The molecule has 1 aromatic heterocycles. The van der Waals surface area contributed by atoms with Gasteiger partial charge in [-0.25, -0.2) is 9.37 Å². The number of amides is 1. The van der Waals surface area contributed by atoms with Crippen LogP contribution in [0.5, 0.6) is 0 Å². The van der Waals surface area contributed by atoms with Gasteiger partial charge in [-0.05, 0) is 43.2 Å². The highest BCUT2D eigenvalue weighted by atomic mass is 35.5. The van der Waals surface area contributed by atoms with Crippen molar-refractivity contribution >= 4 is 34.8 Å². The van der Waals surface area contributed by atoms with Gasteiger partial charge >= 0.3 is 5.97 Å². The van der Waals surface area contributed by atoms with Gasteiger partial charge < -0.3 is 9.64 Å². The Balaban J connectivity index is 1.34. The quantitative estimate of drug-likeness (QED) is 0.493. The number of hydrogen-bond donors (Lipinski definition) is 0. The molecular formula is C23H20ClFN2O3S. The van der Waals surface area contributed by atoms with E-state index in [2.05, 4.69) is 4.98 Å². The number of nitrogens with zero attached hydrogens (tertiary/aromatic N) is 2. The molecule has 1 atom stereocenters. The first-order chi connectivity index (χ1) is 15.0. The molecule has 2 aromatic carbocycles. The van der Waals surface area contributed by atoms with Crippen molar-refractivity contribution in [2.45, 2.75) is 19.4 Å². The fourth-order valence-electron chi connectivity index (χ4n) is 3.52. The Bertz CT molecular complexity index is 1090. The van der Waals surface area contributed by atoms with Crippen LogP contribution in [0.3, 0.4) is 0 Å². The Morgan fingerprint density at radius 1 is 1.19 bits per heavy atom. The summed E-state index contributed by atoms with van der Waals surface area (Å²) in [7, 11) is 0. The van der Waals surface area contributed by atoms with E-state index in [9.17, 15) is 14.0 Å². The van der Waals surface area contributed by atoms with Crippen molar-refractivity contribution in [1.29, 1.82) is 0 Å². The van der Waals surface area contributed by atoms with Crippen molar-refractivity contribution in [1.82, 2.24) is 9.88 Å². The number of piperidine rings is 1. The monoisotopic (exact) mass is 458 g/mol. The second kappa shape index (κ2) is 9.58. The van der Waals surface area contributed by atoms with Gasteiger partial charge in [-0.3, -0.25) is 9.59 Å². The highest BCUT2D eigenvalue weighted by Crippen LogP contribution is 2.30. The van der Waals surface area contributed by atoms with Crippen molar-refractivity contribution in [2.75, 3.05) is 13.1 Å². The first kappa shape index (κ1) is 21.5. The van der Waals surface area contributed by atoms with Crippen LogP contribution in [0.2, 0.25) is 5.02 Å². The van der Waals surface area contributed by atoms with Crippen molar-refractivity contribution in [3.8, 4) is 10.6 Å². The Morgan fingerprint density at radius 3 is 2.74 bits per heavy atom. The van der Waals surface area contributed by atoms with Crippen LogP contribution in [0, 0.1) is 11.7 Å². The summed E-state index contributed by atoms with van der Waals surface area (Å²) in [5.74, 6) is -1.33. The maximum atomic E-state index is 13.1. The standard InChI is InChI=1S/C23H20ClFN2O3S/c24-20-6-2-1-5-19(20)21-26-18(14-31-21)13-30-23(29)16-4-3-11-27(12-16)22(28)15-7-9-17(25)10-8-15/h1-2,5-10,14,16H,3-4,11-13H2. The molecule has 31 heavy (non-hydrogen) atoms. The van der Waals surface area contributed by atoms with Crippen molar-refractivity contribution in [3.63, 3.8) is 0 Å². The van der Waals surface area contributed by atoms with E-state index >= 15 is 0 Å². The first-order valence-corrected chi connectivity index (χ1v) is 11.2. The minimum atomic E-state index is -0.392. The summed E-state index contributed by atoms with van der Waals surface area (Å²) in [6, 6.07) is 12.9. The molecule has 0 N–H and O–H groups in total. The van der Waals surface area contributed by atoms with Gasteiger partial charge in [0.1, 0.15) is 17.4 Å². The molecule has 160 valence electrons. The lowest BCUT2D eigenvalue weighted by Gasteiger charge is -2.31. The molecule has 4 rings (SSSR count). The molecule has 1 aliphatic heterocycles. The van der Waals surface area contributed by atoms with Crippen LogP contribution in [0.1, 0.15) is 28.9 Å². The third kappa shape index (κ3) is 5.11. The topological polar surface area (TPSA) is 59.5 Å². The highest BCUT2D eigenvalue weighted by molar-refractivity contribution is 7.13. The Labute approximate surface area is 188 Å². The van der Waals surface area contributed by atoms with Crippen LogP contribution >= 0.6 is 22.9 Å². The first-order valence-electron chi connectivity index (χ1n) is 9.92. The van der Waals surface area contributed by atoms with Crippen LogP contribution in [-0.4, -0.2) is 34.8 Å². The Kier molecular flexibility index (Phi) is 6.63. The molecule has 1 fully saturated rings. The van der Waals surface area contributed by atoms with E-state index in [1.165, 1.54) is 35.6 Å². The molecule has 0 bridgehead atoms. The fraction of sp³-hybridized carbons (Fsp3) is 0.261. The lowest BCUT2D eigenvalue weighted by Crippen LogP contribution is -2.42. The SMILES string of the molecule is O=C(OCc1csc(-c2ccccc2Cl)n1)C1CCCN(C(=O)c2ccc(F)cc2)C1. The third-order valence-corrected chi connectivity index (χ3v) is 6.41. The van der Waals surface area contributed by atoms with E-state index in [1.807, 2.05) is 23.6 Å². The summed E-state index contributed by atoms with van der Waals surface area (Å²) in [4.78, 5) is 31.4. The van der Waals surface area contributed by atoms with Crippen molar-refractivity contribution in [2.24, 2.45) is 5.92 Å². The molecule has 8 heteroatoms. The van der Waals surface area contributed by atoms with Crippen LogP contribution in [-0.2, 0) is 16.1 Å². The van der Waals surface area contributed by atoms with Gasteiger partial charge in [0.25, 0.3) is 5.91 Å². The number of ether oxygens (including phenoxy) is 1. The number of esters is 1. The minimum Gasteiger partial charge on any atom is -0.459 e. The molecule has 1 aliphatic rings. The van der Waals surface area contributed by atoms with E-state index in [0.717, 1.165) is 10.6 Å². The lowest BCUT2D eigenvalue weighted by molar-refractivity contribution is -0.151. The maximum absolute atomic E-state index is 13.1. The largest absolute Gasteiger partial charge is 0.459 e. The molecule has 3 aromatic rings. The van der Waals surface area contributed by atoms with E-state index in [-0.39, 0.29) is 30.9 Å².